The second-order valence-electron chi connectivity index (χ2n) is 2.49. The van der Waals surface area contributed by atoms with E-state index in [0.717, 1.165) is 10.2 Å². The zero-order chi connectivity index (χ0) is 9.26. The highest BCUT2D eigenvalue weighted by atomic mass is 79.9. The van der Waals surface area contributed by atoms with Crippen LogP contribution in [0.5, 0.6) is 0 Å². The molecule has 0 radical (unpaired) electrons. The minimum atomic E-state index is -0.275. The van der Waals surface area contributed by atoms with Gasteiger partial charge in [-0.2, -0.15) is 5.12 Å². The molecule has 1 aliphatic rings. The molecule has 1 aromatic carbocycles. The number of urea groups is 1. The standard InChI is InChI=1S/C7H7BrN4O/c8-5-1-3-6(4-2-5)12-10-7(13)9-11-12/h1-4,11H,(H2,9,10,13). The van der Waals surface area contributed by atoms with Crippen molar-refractivity contribution in [1.82, 2.24) is 16.4 Å². The first-order valence-corrected chi connectivity index (χ1v) is 4.43. The summed E-state index contributed by atoms with van der Waals surface area (Å²) in [6.07, 6.45) is 0. The van der Waals surface area contributed by atoms with Gasteiger partial charge in [0.05, 0.1) is 5.69 Å². The highest BCUT2D eigenvalue weighted by Gasteiger charge is 2.16. The van der Waals surface area contributed by atoms with Crippen molar-refractivity contribution in [3.05, 3.63) is 28.7 Å². The number of rotatable bonds is 1. The normalized spacial score (nSPS) is 15.5. The third-order valence-corrected chi connectivity index (χ3v) is 2.11. The van der Waals surface area contributed by atoms with Crippen LogP contribution in [0.3, 0.4) is 0 Å². The number of hydrazine groups is 3. The summed E-state index contributed by atoms with van der Waals surface area (Å²) in [5.41, 5.74) is 8.44. The lowest BCUT2D eigenvalue weighted by molar-refractivity contribution is 0.247. The van der Waals surface area contributed by atoms with E-state index in [0.29, 0.717) is 0 Å². The fourth-order valence-electron chi connectivity index (χ4n) is 0.983. The fraction of sp³-hybridized carbons (Fsp3) is 0. The van der Waals surface area contributed by atoms with Gasteiger partial charge in [-0.15, -0.1) is 5.53 Å². The largest absolute Gasteiger partial charge is 0.350 e. The van der Waals surface area contributed by atoms with Gasteiger partial charge >= 0.3 is 6.03 Å². The van der Waals surface area contributed by atoms with E-state index in [4.69, 9.17) is 0 Å². The Balaban J connectivity index is 2.17. The Labute approximate surface area is 83.1 Å². The summed E-state index contributed by atoms with van der Waals surface area (Å²) in [7, 11) is 0. The van der Waals surface area contributed by atoms with E-state index in [1.54, 1.807) is 0 Å². The lowest BCUT2D eigenvalue weighted by Crippen LogP contribution is -2.40. The average molecular weight is 243 g/mol. The van der Waals surface area contributed by atoms with Crippen LogP contribution in [0.25, 0.3) is 0 Å². The number of benzene rings is 1. The van der Waals surface area contributed by atoms with E-state index < -0.39 is 0 Å². The predicted octanol–water partition coefficient (Wildman–Crippen LogP) is 0.903. The van der Waals surface area contributed by atoms with Crippen molar-refractivity contribution in [2.24, 2.45) is 0 Å². The van der Waals surface area contributed by atoms with Crippen molar-refractivity contribution in [2.45, 2.75) is 0 Å². The van der Waals surface area contributed by atoms with E-state index in [1.807, 2.05) is 24.3 Å². The number of amides is 2. The molecular weight excluding hydrogens is 236 g/mol. The second kappa shape index (κ2) is 3.23. The summed E-state index contributed by atoms with van der Waals surface area (Å²) in [6, 6.07) is 7.24. The van der Waals surface area contributed by atoms with Crippen LogP contribution < -0.4 is 21.5 Å². The molecule has 0 bridgehead atoms. The zero-order valence-corrected chi connectivity index (χ0v) is 8.13. The van der Waals surface area contributed by atoms with Gasteiger partial charge < -0.3 is 0 Å². The molecule has 3 N–H and O–H groups in total. The maximum Gasteiger partial charge on any atom is 0.350 e. The van der Waals surface area contributed by atoms with Crippen molar-refractivity contribution in [1.29, 1.82) is 0 Å². The molecule has 1 fully saturated rings. The fourth-order valence-corrected chi connectivity index (χ4v) is 1.25. The Morgan fingerprint density at radius 3 is 2.46 bits per heavy atom. The summed E-state index contributed by atoms with van der Waals surface area (Å²) in [5.74, 6) is 0. The minimum absolute atomic E-state index is 0.275. The lowest BCUT2D eigenvalue weighted by Gasteiger charge is -2.14. The quantitative estimate of drug-likeness (QED) is 0.686. The monoisotopic (exact) mass is 242 g/mol. The molecule has 5 nitrogen and oxygen atoms in total. The van der Waals surface area contributed by atoms with E-state index in [-0.39, 0.29) is 6.03 Å². The van der Waals surface area contributed by atoms with Gasteiger partial charge in [0.2, 0.25) is 0 Å². The van der Waals surface area contributed by atoms with Crippen LogP contribution in [0, 0.1) is 0 Å². The summed E-state index contributed by atoms with van der Waals surface area (Å²) >= 11 is 3.32. The van der Waals surface area contributed by atoms with E-state index in [1.165, 1.54) is 5.12 Å². The molecule has 1 aromatic rings. The van der Waals surface area contributed by atoms with Crippen molar-refractivity contribution in [3.63, 3.8) is 0 Å². The summed E-state index contributed by atoms with van der Waals surface area (Å²) in [5, 5.41) is 1.49. The van der Waals surface area contributed by atoms with Crippen LogP contribution in [0.1, 0.15) is 0 Å². The molecule has 13 heavy (non-hydrogen) atoms. The smallest absolute Gasteiger partial charge is 0.252 e. The van der Waals surface area contributed by atoms with Crippen molar-refractivity contribution in [2.75, 3.05) is 5.12 Å². The summed E-state index contributed by atoms with van der Waals surface area (Å²) in [4.78, 5) is 10.8. The van der Waals surface area contributed by atoms with Crippen molar-refractivity contribution in [3.8, 4) is 0 Å². The molecule has 0 spiro atoms. The first-order chi connectivity index (χ1) is 6.25. The van der Waals surface area contributed by atoms with Gasteiger partial charge in [-0.25, -0.2) is 10.2 Å². The topological polar surface area (TPSA) is 56.4 Å². The van der Waals surface area contributed by atoms with Crippen LogP contribution in [-0.4, -0.2) is 6.03 Å². The Morgan fingerprint density at radius 2 is 1.92 bits per heavy atom. The molecule has 6 heteroatoms. The van der Waals surface area contributed by atoms with Crippen LogP contribution in [-0.2, 0) is 0 Å². The number of hydrogen-bond acceptors (Lipinski definition) is 3. The van der Waals surface area contributed by atoms with Gasteiger partial charge in [0.25, 0.3) is 0 Å². The zero-order valence-electron chi connectivity index (χ0n) is 6.54. The van der Waals surface area contributed by atoms with Gasteiger partial charge in [0, 0.05) is 4.47 Å². The number of hydrogen-bond donors (Lipinski definition) is 3. The first kappa shape index (κ1) is 8.33. The Hall–Kier alpha value is -1.27. The number of nitrogens with one attached hydrogen (secondary N) is 3. The van der Waals surface area contributed by atoms with Crippen LogP contribution >= 0.6 is 15.9 Å². The molecule has 1 aliphatic heterocycles. The van der Waals surface area contributed by atoms with Gasteiger partial charge in [0.1, 0.15) is 0 Å². The predicted molar refractivity (Wildman–Crippen MR) is 51.4 cm³/mol. The maximum absolute atomic E-state index is 10.8. The van der Waals surface area contributed by atoms with E-state index in [9.17, 15) is 4.79 Å². The van der Waals surface area contributed by atoms with Crippen LogP contribution in [0.4, 0.5) is 10.5 Å². The summed E-state index contributed by atoms with van der Waals surface area (Å²) < 4.78 is 0.995. The average Bonchev–Trinajstić information content (AvgIpc) is 2.53. The molecule has 1 heterocycles. The minimum Gasteiger partial charge on any atom is -0.252 e. The van der Waals surface area contributed by atoms with Crippen molar-refractivity contribution >= 4 is 27.6 Å². The number of anilines is 1. The highest BCUT2D eigenvalue weighted by Crippen LogP contribution is 2.16. The molecule has 0 aliphatic carbocycles. The van der Waals surface area contributed by atoms with Crippen LogP contribution in [0.2, 0.25) is 0 Å². The number of carbonyl (C=O) groups excluding carboxylic acids is 1. The van der Waals surface area contributed by atoms with E-state index >= 15 is 0 Å². The Bertz CT molecular complexity index is 326. The Morgan fingerprint density at radius 1 is 1.23 bits per heavy atom. The Kier molecular flexibility index (Phi) is 2.07. The SMILES string of the molecule is O=C1NNN(c2ccc(Br)cc2)N1. The molecule has 2 amide bonds. The molecule has 0 aromatic heterocycles. The van der Waals surface area contributed by atoms with E-state index in [2.05, 4.69) is 32.3 Å². The van der Waals surface area contributed by atoms with Gasteiger partial charge in [-0.1, -0.05) is 15.9 Å². The molecule has 0 atom stereocenters. The van der Waals surface area contributed by atoms with Crippen LogP contribution in [0.15, 0.2) is 28.7 Å². The van der Waals surface area contributed by atoms with Gasteiger partial charge in [0.15, 0.2) is 0 Å². The molecule has 68 valence electrons. The first-order valence-electron chi connectivity index (χ1n) is 3.64. The third kappa shape index (κ3) is 1.73. The number of halogens is 1. The maximum atomic E-state index is 10.8. The van der Waals surface area contributed by atoms with Gasteiger partial charge in [-0.05, 0) is 24.3 Å². The molecule has 0 saturated carbocycles. The second-order valence-corrected chi connectivity index (χ2v) is 3.41. The summed E-state index contributed by atoms with van der Waals surface area (Å²) in [6.45, 7) is 0. The highest BCUT2D eigenvalue weighted by molar-refractivity contribution is 9.10. The molecule has 2 rings (SSSR count). The lowest BCUT2D eigenvalue weighted by atomic mass is 10.3. The molecular formula is C7H7BrN4O. The van der Waals surface area contributed by atoms with Crippen molar-refractivity contribution < 1.29 is 4.79 Å². The van der Waals surface area contributed by atoms with Gasteiger partial charge in [-0.3, -0.25) is 5.43 Å². The molecule has 1 saturated heterocycles. The number of carbonyl (C=O) groups is 1. The molecule has 0 unspecified atom stereocenters. The number of nitrogens with zero attached hydrogens (tertiary/aromatic N) is 1. The third-order valence-electron chi connectivity index (χ3n) is 1.58.